The van der Waals surface area contributed by atoms with Crippen molar-refractivity contribution in [2.45, 2.75) is 57.0 Å². The van der Waals surface area contributed by atoms with E-state index in [1.807, 2.05) is 12.1 Å². The van der Waals surface area contributed by atoms with Gasteiger partial charge in [0, 0.05) is 12.1 Å². The molecule has 1 aromatic rings. The molecule has 0 radical (unpaired) electrons. The first-order valence-electron chi connectivity index (χ1n) is 6.91. The Hall–Kier alpha value is -1.02. The molecule has 0 bridgehead atoms. The van der Waals surface area contributed by atoms with Crippen LogP contribution < -0.4 is 5.32 Å². The zero-order valence-corrected chi connectivity index (χ0v) is 10.3. The van der Waals surface area contributed by atoms with E-state index in [0.29, 0.717) is 17.8 Å². The maximum absolute atomic E-state index is 9.64. The smallest absolute Gasteiger partial charge is 0.115 e. The first-order valence-corrected chi connectivity index (χ1v) is 6.91. The van der Waals surface area contributed by atoms with Gasteiger partial charge in [-0.2, -0.15) is 0 Å². The number of benzene rings is 1. The van der Waals surface area contributed by atoms with Crippen molar-refractivity contribution in [3.8, 4) is 5.75 Å². The van der Waals surface area contributed by atoms with Gasteiger partial charge in [0.05, 0.1) is 0 Å². The van der Waals surface area contributed by atoms with Crippen molar-refractivity contribution in [2.75, 3.05) is 0 Å². The van der Waals surface area contributed by atoms with Crippen LogP contribution in [0.3, 0.4) is 0 Å². The lowest BCUT2D eigenvalue weighted by molar-refractivity contribution is 0.394. The quantitative estimate of drug-likeness (QED) is 0.818. The molecule has 1 unspecified atom stereocenters. The van der Waals surface area contributed by atoms with E-state index < -0.39 is 0 Å². The van der Waals surface area contributed by atoms with E-state index in [0.717, 1.165) is 0 Å². The number of hydrogen-bond donors (Lipinski definition) is 2. The number of fused-ring (bicyclic) bond motifs is 1. The molecule has 1 fully saturated rings. The molecule has 0 aromatic heterocycles. The first-order chi connectivity index (χ1) is 8.33. The Balaban J connectivity index is 1.80. The van der Waals surface area contributed by atoms with Crippen molar-refractivity contribution < 1.29 is 5.11 Å². The van der Waals surface area contributed by atoms with Gasteiger partial charge < -0.3 is 10.4 Å². The van der Waals surface area contributed by atoms with E-state index in [4.69, 9.17) is 0 Å². The first kappa shape index (κ1) is 11.1. The summed E-state index contributed by atoms with van der Waals surface area (Å²) in [7, 11) is 0. The van der Waals surface area contributed by atoms with Crippen molar-refractivity contribution in [1.82, 2.24) is 5.32 Å². The predicted octanol–water partition coefficient (Wildman–Crippen LogP) is 3.30. The molecule has 2 N–H and O–H groups in total. The monoisotopic (exact) mass is 231 g/mol. The van der Waals surface area contributed by atoms with E-state index in [1.165, 1.54) is 56.1 Å². The molecular weight excluding hydrogens is 210 g/mol. The summed E-state index contributed by atoms with van der Waals surface area (Å²) >= 11 is 0. The van der Waals surface area contributed by atoms with Gasteiger partial charge in [-0.3, -0.25) is 0 Å². The van der Waals surface area contributed by atoms with Crippen LogP contribution in [0.1, 0.15) is 55.7 Å². The Morgan fingerprint density at radius 2 is 1.88 bits per heavy atom. The summed E-state index contributed by atoms with van der Waals surface area (Å²) in [6.45, 7) is 0. The minimum Gasteiger partial charge on any atom is -0.508 e. The third-order valence-corrected chi connectivity index (χ3v) is 4.24. The van der Waals surface area contributed by atoms with Gasteiger partial charge in [0.25, 0.3) is 0 Å². The van der Waals surface area contributed by atoms with Crippen molar-refractivity contribution >= 4 is 0 Å². The van der Waals surface area contributed by atoms with Gasteiger partial charge in [0.15, 0.2) is 0 Å². The zero-order valence-electron chi connectivity index (χ0n) is 10.3. The normalized spacial score (nSPS) is 24.8. The Bertz CT molecular complexity index is 396. The van der Waals surface area contributed by atoms with E-state index in [-0.39, 0.29) is 0 Å². The highest BCUT2D eigenvalue weighted by atomic mass is 16.3. The highest BCUT2D eigenvalue weighted by Gasteiger charge is 2.24. The molecule has 1 atom stereocenters. The SMILES string of the molecule is Oc1ccc2c(c1)C(NC1CCCC1)CCC2. The highest BCUT2D eigenvalue weighted by molar-refractivity contribution is 5.38. The molecule has 92 valence electrons. The molecule has 0 heterocycles. The molecule has 0 spiro atoms. The number of phenols is 1. The van der Waals surface area contributed by atoms with E-state index >= 15 is 0 Å². The van der Waals surface area contributed by atoms with Crippen molar-refractivity contribution in [2.24, 2.45) is 0 Å². The molecular formula is C15H21NO. The van der Waals surface area contributed by atoms with Crippen molar-refractivity contribution in [3.05, 3.63) is 29.3 Å². The number of rotatable bonds is 2. The van der Waals surface area contributed by atoms with E-state index in [1.54, 1.807) is 0 Å². The number of hydrogen-bond acceptors (Lipinski definition) is 2. The minimum atomic E-state index is 0.406. The topological polar surface area (TPSA) is 32.3 Å². The molecule has 0 amide bonds. The fourth-order valence-electron chi connectivity index (χ4n) is 3.34. The van der Waals surface area contributed by atoms with Crippen LogP contribution in [0, 0.1) is 0 Å². The molecule has 0 saturated heterocycles. The Kier molecular flexibility index (Phi) is 3.06. The van der Waals surface area contributed by atoms with Crippen LogP contribution in [0.5, 0.6) is 5.75 Å². The third-order valence-electron chi connectivity index (χ3n) is 4.24. The lowest BCUT2D eigenvalue weighted by Gasteiger charge is -2.29. The van der Waals surface area contributed by atoms with Crippen molar-refractivity contribution in [1.29, 1.82) is 0 Å². The van der Waals surface area contributed by atoms with Crippen LogP contribution in [0.15, 0.2) is 18.2 Å². The molecule has 17 heavy (non-hydrogen) atoms. The van der Waals surface area contributed by atoms with E-state index in [9.17, 15) is 5.11 Å². The van der Waals surface area contributed by atoms with Crippen LogP contribution in [-0.2, 0) is 6.42 Å². The number of aryl methyl sites for hydroxylation is 1. The molecule has 2 nitrogen and oxygen atoms in total. The summed E-state index contributed by atoms with van der Waals surface area (Å²) < 4.78 is 0. The second-order valence-electron chi connectivity index (χ2n) is 5.48. The fourth-order valence-corrected chi connectivity index (χ4v) is 3.34. The van der Waals surface area contributed by atoms with Gasteiger partial charge in [-0.15, -0.1) is 0 Å². The second-order valence-corrected chi connectivity index (χ2v) is 5.48. The van der Waals surface area contributed by atoms with Crippen molar-refractivity contribution in [3.63, 3.8) is 0 Å². The summed E-state index contributed by atoms with van der Waals surface area (Å²) in [6, 6.07) is 7.03. The Labute approximate surface area is 103 Å². The molecule has 2 heteroatoms. The van der Waals surface area contributed by atoms with Gasteiger partial charge in [0.1, 0.15) is 5.75 Å². The van der Waals surface area contributed by atoms with Gasteiger partial charge in [-0.25, -0.2) is 0 Å². The average Bonchev–Trinajstić information content (AvgIpc) is 2.83. The second kappa shape index (κ2) is 4.69. The maximum Gasteiger partial charge on any atom is 0.115 e. The molecule has 2 aliphatic rings. The number of aromatic hydroxyl groups is 1. The lowest BCUT2D eigenvalue weighted by atomic mass is 9.87. The standard InChI is InChI=1S/C15H21NO/c17-13-9-8-11-4-3-7-15(14(11)10-13)16-12-5-1-2-6-12/h8-10,12,15-17H,1-7H2. The summed E-state index contributed by atoms with van der Waals surface area (Å²) in [5.74, 6) is 0.406. The molecule has 0 aliphatic heterocycles. The number of phenolic OH excluding ortho intramolecular Hbond substituents is 1. The van der Waals surface area contributed by atoms with Gasteiger partial charge in [-0.05, 0) is 55.4 Å². The Morgan fingerprint density at radius 3 is 2.71 bits per heavy atom. The zero-order chi connectivity index (χ0) is 11.7. The summed E-state index contributed by atoms with van der Waals surface area (Å²) in [5.41, 5.74) is 2.76. The maximum atomic E-state index is 9.64. The highest BCUT2D eigenvalue weighted by Crippen LogP contribution is 2.33. The van der Waals surface area contributed by atoms with Gasteiger partial charge >= 0.3 is 0 Å². The van der Waals surface area contributed by atoms with Crippen LogP contribution in [-0.4, -0.2) is 11.1 Å². The molecule has 2 aliphatic carbocycles. The minimum absolute atomic E-state index is 0.406. The summed E-state index contributed by atoms with van der Waals surface area (Å²) in [4.78, 5) is 0. The van der Waals surface area contributed by atoms with Gasteiger partial charge in [0.2, 0.25) is 0 Å². The summed E-state index contributed by atoms with van der Waals surface area (Å²) in [6.07, 6.45) is 9.04. The lowest BCUT2D eigenvalue weighted by Crippen LogP contribution is -2.32. The van der Waals surface area contributed by atoms with Gasteiger partial charge in [-0.1, -0.05) is 18.9 Å². The third kappa shape index (κ3) is 2.32. The number of nitrogens with one attached hydrogen (secondary N) is 1. The fraction of sp³-hybridized carbons (Fsp3) is 0.600. The molecule has 3 rings (SSSR count). The average molecular weight is 231 g/mol. The Morgan fingerprint density at radius 1 is 1.06 bits per heavy atom. The predicted molar refractivity (Wildman–Crippen MR) is 69.2 cm³/mol. The van der Waals surface area contributed by atoms with Crippen LogP contribution in [0.4, 0.5) is 0 Å². The van der Waals surface area contributed by atoms with Crippen LogP contribution >= 0.6 is 0 Å². The largest absolute Gasteiger partial charge is 0.508 e. The molecule has 1 aromatic carbocycles. The van der Waals surface area contributed by atoms with Crippen LogP contribution in [0.2, 0.25) is 0 Å². The van der Waals surface area contributed by atoms with Crippen LogP contribution in [0.25, 0.3) is 0 Å². The molecule has 1 saturated carbocycles. The van der Waals surface area contributed by atoms with E-state index in [2.05, 4.69) is 11.4 Å². The summed E-state index contributed by atoms with van der Waals surface area (Å²) in [5, 5.41) is 13.4.